The van der Waals surface area contributed by atoms with Crippen LogP contribution >= 0.6 is 0 Å². The van der Waals surface area contributed by atoms with Gasteiger partial charge < -0.3 is 10.6 Å². The van der Waals surface area contributed by atoms with Crippen molar-refractivity contribution in [1.82, 2.24) is 14.7 Å². The number of hydrogen-bond donors (Lipinski definition) is 1. The number of alkyl halides is 2. The summed E-state index contributed by atoms with van der Waals surface area (Å²) in [5.74, 6) is 0.00672. The van der Waals surface area contributed by atoms with Gasteiger partial charge in [0.15, 0.2) is 0 Å². The fourth-order valence-electron chi connectivity index (χ4n) is 1.78. The van der Waals surface area contributed by atoms with Crippen LogP contribution in [0.2, 0.25) is 0 Å². The van der Waals surface area contributed by atoms with Crippen molar-refractivity contribution < 1.29 is 13.6 Å². The number of rotatable bonds is 2. The Kier molecular flexibility index (Phi) is 2.76. The molecule has 0 aliphatic carbocycles. The normalized spacial score (nSPS) is 16.4. The average molecular weight is 230 g/mol. The average Bonchev–Trinajstić information content (AvgIpc) is 2.46. The highest BCUT2D eigenvalue weighted by Crippen LogP contribution is 2.13. The largest absolute Gasteiger partial charge is 0.382 e. The molecule has 0 saturated carbocycles. The molecule has 0 atom stereocenters. The number of carbonyl (C=O) groups is 1. The van der Waals surface area contributed by atoms with Gasteiger partial charge in [-0.25, -0.2) is 8.78 Å². The molecule has 1 aliphatic heterocycles. The van der Waals surface area contributed by atoms with Gasteiger partial charge in [0.2, 0.25) is 5.91 Å². The van der Waals surface area contributed by atoms with Crippen molar-refractivity contribution in [2.45, 2.75) is 19.4 Å². The first-order valence-electron chi connectivity index (χ1n) is 4.94. The predicted molar refractivity (Wildman–Crippen MR) is 52.9 cm³/mol. The zero-order chi connectivity index (χ0) is 11.7. The van der Waals surface area contributed by atoms with Crippen LogP contribution < -0.4 is 5.73 Å². The third-order valence-electron chi connectivity index (χ3n) is 2.52. The van der Waals surface area contributed by atoms with Gasteiger partial charge >= 0.3 is 0 Å². The molecule has 2 N–H and O–H groups in total. The molecule has 16 heavy (non-hydrogen) atoms. The van der Waals surface area contributed by atoms with Crippen LogP contribution in [0.15, 0.2) is 6.07 Å². The van der Waals surface area contributed by atoms with Gasteiger partial charge in [-0.3, -0.25) is 9.48 Å². The quantitative estimate of drug-likeness (QED) is 0.784. The number of anilines is 1. The summed E-state index contributed by atoms with van der Waals surface area (Å²) < 4.78 is 25.9. The van der Waals surface area contributed by atoms with Crippen molar-refractivity contribution in [1.29, 1.82) is 0 Å². The van der Waals surface area contributed by atoms with Gasteiger partial charge in [0, 0.05) is 24.7 Å². The van der Waals surface area contributed by atoms with E-state index in [4.69, 9.17) is 5.73 Å². The minimum absolute atomic E-state index is 0.0146. The van der Waals surface area contributed by atoms with Gasteiger partial charge in [-0.1, -0.05) is 0 Å². The maximum absolute atomic E-state index is 12.2. The van der Waals surface area contributed by atoms with E-state index >= 15 is 0 Å². The summed E-state index contributed by atoms with van der Waals surface area (Å²) in [7, 11) is 0. The van der Waals surface area contributed by atoms with Crippen molar-refractivity contribution in [3.8, 4) is 0 Å². The van der Waals surface area contributed by atoms with Gasteiger partial charge in [-0.15, -0.1) is 0 Å². The fraction of sp³-hybridized carbons (Fsp3) is 0.556. The molecule has 0 bridgehead atoms. The summed E-state index contributed by atoms with van der Waals surface area (Å²) in [6, 6.07) is 1.67. The monoisotopic (exact) mass is 230 g/mol. The molecule has 0 radical (unpaired) electrons. The molecule has 5 nitrogen and oxygen atoms in total. The van der Waals surface area contributed by atoms with E-state index in [0.717, 1.165) is 10.6 Å². The first kappa shape index (κ1) is 10.8. The van der Waals surface area contributed by atoms with Crippen molar-refractivity contribution >= 4 is 11.7 Å². The van der Waals surface area contributed by atoms with Crippen LogP contribution in [0.4, 0.5) is 14.6 Å². The molecule has 0 fully saturated rings. The van der Waals surface area contributed by atoms with Crippen molar-refractivity contribution in [3.63, 3.8) is 0 Å². The lowest BCUT2D eigenvalue weighted by Crippen LogP contribution is -2.36. The zero-order valence-electron chi connectivity index (χ0n) is 8.57. The van der Waals surface area contributed by atoms with Gasteiger partial charge in [-0.2, -0.15) is 5.10 Å². The molecule has 0 unspecified atom stereocenters. The highest BCUT2D eigenvalue weighted by atomic mass is 19.3. The van der Waals surface area contributed by atoms with Gasteiger partial charge in [-0.05, 0) is 0 Å². The summed E-state index contributed by atoms with van der Waals surface area (Å²) in [5, 5.41) is 3.93. The molecule has 1 aromatic heterocycles. The summed E-state index contributed by atoms with van der Waals surface area (Å²) in [6.45, 7) is -0.243. The van der Waals surface area contributed by atoms with E-state index < -0.39 is 13.0 Å². The minimum atomic E-state index is -2.50. The minimum Gasteiger partial charge on any atom is -0.382 e. The lowest BCUT2D eigenvalue weighted by Gasteiger charge is -2.19. The first-order valence-corrected chi connectivity index (χ1v) is 4.94. The van der Waals surface area contributed by atoms with Gasteiger partial charge in [0.25, 0.3) is 6.43 Å². The molecule has 1 aromatic rings. The second-order valence-corrected chi connectivity index (χ2v) is 3.70. The van der Waals surface area contributed by atoms with Gasteiger partial charge in [0.1, 0.15) is 12.4 Å². The lowest BCUT2D eigenvalue weighted by molar-refractivity contribution is -0.133. The molecule has 88 valence electrons. The van der Waals surface area contributed by atoms with Gasteiger partial charge in [0.05, 0.1) is 6.54 Å². The Balaban J connectivity index is 2.13. The van der Waals surface area contributed by atoms with Crippen molar-refractivity contribution in [2.75, 3.05) is 18.8 Å². The van der Waals surface area contributed by atoms with Crippen LogP contribution in [-0.2, 0) is 17.8 Å². The summed E-state index contributed by atoms with van der Waals surface area (Å²) >= 11 is 0. The maximum Gasteiger partial charge on any atom is 0.255 e. The Bertz CT molecular complexity index is 404. The van der Waals surface area contributed by atoms with E-state index in [-0.39, 0.29) is 19.0 Å². The number of nitrogens with two attached hydrogens (primary N) is 1. The first-order chi connectivity index (χ1) is 7.56. The Morgan fingerprint density at radius 1 is 1.56 bits per heavy atom. The molecule has 7 heteroatoms. The van der Waals surface area contributed by atoms with Crippen LogP contribution in [0.25, 0.3) is 0 Å². The Labute approximate surface area is 90.8 Å². The van der Waals surface area contributed by atoms with Crippen LogP contribution in [0.5, 0.6) is 0 Å². The highest BCUT2D eigenvalue weighted by Gasteiger charge is 2.23. The van der Waals surface area contributed by atoms with E-state index in [2.05, 4.69) is 5.10 Å². The van der Waals surface area contributed by atoms with Crippen LogP contribution in [0.3, 0.4) is 0 Å². The van der Waals surface area contributed by atoms with Crippen LogP contribution in [0, 0.1) is 0 Å². The lowest BCUT2D eigenvalue weighted by atomic mass is 10.3. The van der Waals surface area contributed by atoms with E-state index in [0.29, 0.717) is 12.2 Å². The number of nitrogens with zero attached hydrogens (tertiary/aromatic N) is 3. The number of amides is 1. The van der Waals surface area contributed by atoms with E-state index in [1.54, 1.807) is 6.07 Å². The number of hydrogen-bond acceptors (Lipinski definition) is 3. The molecule has 0 saturated heterocycles. The number of carbonyl (C=O) groups excluding carboxylic acids is 1. The van der Waals surface area contributed by atoms with E-state index in [1.165, 1.54) is 4.68 Å². The smallest absolute Gasteiger partial charge is 0.255 e. The molecular formula is C9H12F2N4O. The molecule has 0 aromatic carbocycles. The van der Waals surface area contributed by atoms with Crippen LogP contribution in [0.1, 0.15) is 5.69 Å². The number of fused-ring (bicyclic) bond motifs is 1. The summed E-state index contributed by atoms with van der Waals surface area (Å²) in [5.41, 5.74) is 6.30. The Morgan fingerprint density at radius 2 is 2.31 bits per heavy atom. The zero-order valence-corrected chi connectivity index (χ0v) is 8.57. The molecule has 1 aliphatic rings. The molecule has 2 heterocycles. The third-order valence-corrected chi connectivity index (χ3v) is 2.52. The summed E-state index contributed by atoms with van der Waals surface area (Å²) in [6.07, 6.45) is -2.00. The number of nitrogen functional groups attached to an aromatic ring is 1. The molecular weight excluding hydrogens is 218 g/mol. The third kappa shape index (κ3) is 2.12. The Hall–Kier alpha value is -1.66. The molecule has 2 rings (SSSR count). The molecule has 1 amide bonds. The second-order valence-electron chi connectivity index (χ2n) is 3.70. The molecule has 0 spiro atoms. The predicted octanol–water partition coefficient (Wildman–Crippen LogP) is 0.115. The fourth-order valence-corrected chi connectivity index (χ4v) is 1.78. The second kappa shape index (κ2) is 4.07. The highest BCUT2D eigenvalue weighted by molar-refractivity contribution is 5.76. The van der Waals surface area contributed by atoms with E-state index in [9.17, 15) is 13.6 Å². The summed E-state index contributed by atoms with van der Waals surface area (Å²) in [4.78, 5) is 12.8. The van der Waals surface area contributed by atoms with Crippen molar-refractivity contribution in [3.05, 3.63) is 11.8 Å². The number of halogens is 2. The van der Waals surface area contributed by atoms with E-state index in [1.807, 2.05) is 0 Å². The SMILES string of the molecule is Nc1cc2n(n1)CC(=O)N(CC(F)F)CC2. The standard InChI is InChI=1S/C9H12F2N4O/c10-7(11)4-14-2-1-6-3-8(12)13-15(6)5-9(14)16/h3,7H,1-2,4-5H2,(H2,12,13). The maximum atomic E-state index is 12.2. The topological polar surface area (TPSA) is 64.2 Å². The Morgan fingerprint density at radius 3 is 3.00 bits per heavy atom. The van der Waals surface area contributed by atoms with Crippen LogP contribution in [-0.4, -0.2) is 40.1 Å². The number of aromatic nitrogens is 2. The van der Waals surface area contributed by atoms with Crippen molar-refractivity contribution in [2.24, 2.45) is 0 Å².